The summed E-state index contributed by atoms with van der Waals surface area (Å²) in [6.07, 6.45) is -0.224. The third-order valence-electron chi connectivity index (χ3n) is 4.94. The highest BCUT2D eigenvalue weighted by atomic mass is 32.2. The van der Waals surface area contributed by atoms with Gasteiger partial charge in [0.05, 0.1) is 0 Å². The summed E-state index contributed by atoms with van der Waals surface area (Å²) in [6, 6.07) is 8.83. The van der Waals surface area contributed by atoms with Crippen molar-refractivity contribution in [2.24, 2.45) is 4.99 Å². The zero-order valence-corrected chi connectivity index (χ0v) is 18.5. The molecule has 2 heterocycles. The minimum atomic E-state index is -1.22. The number of thioether (sulfide) groups is 1. The number of aromatic nitrogens is 2. The second-order valence-corrected chi connectivity index (χ2v) is 8.61. The lowest BCUT2D eigenvalue weighted by Gasteiger charge is -2.14. The lowest BCUT2D eigenvalue weighted by Crippen LogP contribution is -2.29. The molecule has 0 bridgehead atoms. The molecule has 2 amide bonds. The van der Waals surface area contributed by atoms with Crippen LogP contribution in [-0.4, -0.2) is 37.3 Å². The number of hydrogen-bond acceptors (Lipinski definition) is 7. The molecule has 3 aromatic rings. The molecule has 1 aromatic heterocycles. The van der Waals surface area contributed by atoms with E-state index in [9.17, 15) is 33.1 Å². The smallest absolute Gasteiger partial charge is 0.328 e. The monoisotopic (exact) mass is 501 g/mol. The van der Waals surface area contributed by atoms with Crippen molar-refractivity contribution in [3.63, 3.8) is 0 Å². The van der Waals surface area contributed by atoms with Crippen LogP contribution in [0.4, 0.5) is 14.5 Å². The molecule has 4 rings (SSSR count). The van der Waals surface area contributed by atoms with Gasteiger partial charge in [0.25, 0.3) is 5.56 Å². The van der Waals surface area contributed by atoms with Gasteiger partial charge in [-0.3, -0.25) is 24.4 Å². The Morgan fingerprint density at radius 3 is 2.29 bits per heavy atom. The number of amidine groups is 1. The summed E-state index contributed by atoms with van der Waals surface area (Å²) in [5, 5.41) is 14.5. The summed E-state index contributed by atoms with van der Waals surface area (Å²) in [4.78, 5) is 57.1. The third kappa shape index (κ3) is 5.63. The summed E-state index contributed by atoms with van der Waals surface area (Å²) in [5.74, 6) is -2.74. The molecule has 180 valence electrons. The predicted molar refractivity (Wildman–Crippen MR) is 124 cm³/mol. The lowest BCUT2D eigenvalue weighted by atomic mass is 10.0. The lowest BCUT2D eigenvalue weighted by molar-refractivity contribution is -0.122. The number of carbonyl (C=O) groups is 2. The van der Waals surface area contributed by atoms with Crippen LogP contribution in [0.3, 0.4) is 0 Å². The average molecular weight is 501 g/mol. The molecular formula is C22H17F2N5O5S. The number of nitrogens with one attached hydrogen (secondary N) is 4. The molecule has 2 aromatic carbocycles. The van der Waals surface area contributed by atoms with Crippen molar-refractivity contribution in [3.05, 3.63) is 92.1 Å². The van der Waals surface area contributed by atoms with Gasteiger partial charge in [0.1, 0.15) is 28.5 Å². The van der Waals surface area contributed by atoms with E-state index in [1.165, 1.54) is 36.4 Å². The zero-order valence-electron chi connectivity index (χ0n) is 17.7. The van der Waals surface area contributed by atoms with Crippen LogP contribution < -0.4 is 21.9 Å². The maximum absolute atomic E-state index is 13.5. The van der Waals surface area contributed by atoms with Crippen molar-refractivity contribution in [1.29, 1.82) is 0 Å². The molecule has 1 saturated heterocycles. The van der Waals surface area contributed by atoms with Crippen molar-refractivity contribution in [2.75, 3.05) is 5.32 Å². The predicted octanol–water partition coefficient (Wildman–Crippen LogP) is 1.75. The number of rotatable bonds is 6. The Balaban J connectivity index is 1.58. The van der Waals surface area contributed by atoms with E-state index in [1.807, 2.05) is 4.98 Å². The van der Waals surface area contributed by atoms with Crippen LogP contribution in [0.5, 0.6) is 5.88 Å². The first-order valence-corrected chi connectivity index (χ1v) is 11.0. The summed E-state index contributed by atoms with van der Waals surface area (Å²) in [6.45, 7) is 0. The first-order valence-electron chi connectivity index (χ1n) is 10.1. The molecule has 1 aliphatic rings. The van der Waals surface area contributed by atoms with Gasteiger partial charge < -0.3 is 15.7 Å². The Labute approximate surface area is 199 Å². The summed E-state index contributed by atoms with van der Waals surface area (Å²) in [5.41, 5.74) is -1.53. The number of hydrogen-bond donors (Lipinski definition) is 5. The van der Waals surface area contributed by atoms with Gasteiger partial charge in [-0.05, 0) is 42.0 Å². The Morgan fingerprint density at radius 1 is 1.03 bits per heavy atom. The quantitative estimate of drug-likeness (QED) is 0.346. The van der Waals surface area contributed by atoms with E-state index in [0.717, 1.165) is 23.9 Å². The number of nitrogens with zero attached hydrogens (tertiary/aromatic N) is 1. The van der Waals surface area contributed by atoms with Crippen molar-refractivity contribution in [1.82, 2.24) is 15.3 Å². The number of halogens is 2. The molecule has 0 aliphatic carbocycles. The summed E-state index contributed by atoms with van der Waals surface area (Å²) < 4.78 is 26.5. The average Bonchev–Trinajstić information content (AvgIpc) is 3.13. The number of aromatic hydroxyl groups is 1. The third-order valence-corrected chi connectivity index (χ3v) is 6.04. The Bertz CT molecular complexity index is 1420. The molecule has 1 fully saturated rings. The fourth-order valence-corrected chi connectivity index (χ4v) is 4.32. The largest absolute Gasteiger partial charge is 0.494 e. The number of benzene rings is 2. The molecule has 13 heteroatoms. The highest BCUT2D eigenvalue weighted by Gasteiger charge is 2.33. The molecule has 35 heavy (non-hydrogen) atoms. The van der Waals surface area contributed by atoms with Gasteiger partial charge in [0, 0.05) is 12.1 Å². The van der Waals surface area contributed by atoms with Gasteiger partial charge in [0.15, 0.2) is 5.17 Å². The number of aromatic amines is 2. The van der Waals surface area contributed by atoms with Gasteiger partial charge >= 0.3 is 5.69 Å². The van der Waals surface area contributed by atoms with Crippen LogP contribution in [0.1, 0.15) is 23.6 Å². The minimum Gasteiger partial charge on any atom is -0.494 e. The van der Waals surface area contributed by atoms with Gasteiger partial charge in [0.2, 0.25) is 17.7 Å². The van der Waals surface area contributed by atoms with Crippen molar-refractivity contribution in [2.45, 2.75) is 17.7 Å². The SMILES string of the molecule is O=C(C[C@@H]1SC(=N[C@H](c2ccc(F)cc2)c2c(O)[nH]c(=O)[nH]c2=O)NC1=O)Nc1ccc(F)cc1. The normalized spacial score (nSPS) is 17.3. The highest BCUT2D eigenvalue weighted by Crippen LogP contribution is 2.31. The van der Waals surface area contributed by atoms with E-state index in [1.54, 1.807) is 0 Å². The number of anilines is 1. The van der Waals surface area contributed by atoms with Crippen LogP contribution in [0.15, 0.2) is 63.1 Å². The molecule has 1 aliphatic heterocycles. The van der Waals surface area contributed by atoms with Gasteiger partial charge in [-0.2, -0.15) is 0 Å². The van der Waals surface area contributed by atoms with Crippen LogP contribution in [0.25, 0.3) is 0 Å². The van der Waals surface area contributed by atoms with E-state index >= 15 is 0 Å². The van der Waals surface area contributed by atoms with Gasteiger partial charge in [-0.15, -0.1) is 0 Å². The maximum atomic E-state index is 13.5. The molecule has 0 saturated carbocycles. The van der Waals surface area contributed by atoms with Gasteiger partial charge in [-0.25, -0.2) is 18.6 Å². The van der Waals surface area contributed by atoms with E-state index in [2.05, 4.69) is 20.6 Å². The van der Waals surface area contributed by atoms with Crippen LogP contribution in [0, 0.1) is 11.6 Å². The van der Waals surface area contributed by atoms with E-state index < -0.39 is 51.9 Å². The topological polar surface area (TPSA) is 157 Å². The second-order valence-electron chi connectivity index (χ2n) is 7.41. The van der Waals surface area contributed by atoms with Crippen molar-refractivity contribution in [3.8, 4) is 5.88 Å². The highest BCUT2D eigenvalue weighted by molar-refractivity contribution is 8.15. The Morgan fingerprint density at radius 2 is 1.66 bits per heavy atom. The second kappa shape index (κ2) is 9.93. The summed E-state index contributed by atoms with van der Waals surface area (Å²) in [7, 11) is 0. The Kier molecular flexibility index (Phi) is 6.78. The van der Waals surface area contributed by atoms with Crippen molar-refractivity contribution < 1.29 is 23.5 Å². The number of carbonyl (C=O) groups excluding carboxylic acids is 2. The molecule has 0 radical (unpaired) electrons. The molecular weight excluding hydrogens is 484 g/mol. The molecule has 10 nitrogen and oxygen atoms in total. The van der Waals surface area contributed by atoms with Crippen LogP contribution in [-0.2, 0) is 9.59 Å². The van der Waals surface area contributed by atoms with E-state index in [-0.39, 0.29) is 17.2 Å². The van der Waals surface area contributed by atoms with E-state index in [0.29, 0.717) is 11.3 Å². The van der Waals surface area contributed by atoms with E-state index in [4.69, 9.17) is 0 Å². The zero-order chi connectivity index (χ0) is 25.1. The minimum absolute atomic E-state index is 0.0499. The molecule has 0 unspecified atom stereocenters. The number of aliphatic imine (C=N–C) groups is 1. The van der Waals surface area contributed by atoms with Gasteiger partial charge in [-0.1, -0.05) is 23.9 Å². The Hall–Kier alpha value is -4.26. The number of H-pyrrole nitrogens is 2. The van der Waals surface area contributed by atoms with Crippen LogP contribution in [0.2, 0.25) is 0 Å². The van der Waals surface area contributed by atoms with Crippen molar-refractivity contribution >= 4 is 34.4 Å². The molecule has 5 N–H and O–H groups in total. The number of amides is 2. The standard InChI is InChI=1S/C22H17F2N5O5S/c23-11-3-1-10(2-4-11)17(16-19(32)27-21(34)28-20(16)33)26-22-29-18(31)14(35-22)9-15(30)25-13-7-5-12(24)6-8-13/h1-8,14,17H,9H2,(H,25,30)(H,26,29,31)(H3,27,28,32,33,34)/t14-,17+/m0/s1. The first-order chi connectivity index (χ1) is 16.7. The fourth-order valence-electron chi connectivity index (χ4n) is 3.32. The fraction of sp³-hybridized carbons (Fsp3) is 0.136. The summed E-state index contributed by atoms with van der Waals surface area (Å²) >= 11 is 0.924. The molecule has 2 atom stereocenters. The first kappa shape index (κ1) is 23.9. The van der Waals surface area contributed by atoms with Crippen LogP contribution >= 0.6 is 11.8 Å². The maximum Gasteiger partial charge on any atom is 0.328 e. The molecule has 0 spiro atoms.